The van der Waals surface area contributed by atoms with Crippen LogP contribution >= 0.6 is 0 Å². The number of rotatable bonds is 4. The van der Waals surface area contributed by atoms with Crippen molar-refractivity contribution in [3.63, 3.8) is 0 Å². The van der Waals surface area contributed by atoms with Crippen LogP contribution in [0.25, 0.3) is 17.2 Å². The van der Waals surface area contributed by atoms with Gasteiger partial charge in [0.05, 0.1) is 5.69 Å². The number of ether oxygens (including phenoxy) is 1. The van der Waals surface area contributed by atoms with Gasteiger partial charge in [0.15, 0.2) is 5.60 Å². The Morgan fingerprint density at radius 2 is 2.03 bits per heavy atom. The number of nitrogens with zero attached hydrogens (tertiary/aromatic N) is 2. The molecule has 3 heterocycles. The van der Waals surface area contributed by atoms with E-state index in [2.05, 4.69) is 29.9 Å². The second-order valence-corrected chi connectivity index (χ2v) is 8.46. The average molecular weight is 392 g/mol. The van der Waals surface area contributed by atoms with Gasteiger partial charge in [0.2, 0.25) is 0 Å². The van der Waals surface area contributed by atoms with Gasteiger partial charge in [0, 0.05) is 35.6 Å². The van der Waals surface area contributed by atoms with Crippen LogP contribution in [0.2, 0.25) is 0 Å². The lowest BCUT2D eigenvalue weighted by atomic mass is 9.59. The highest BCUT2D eigenvalue weighted by molar-refractivity contribution is 5.82. The van der Waals surface area contributed by atoms with Crippen molar-refractivity contribution in [3.8, 4) is 11.1 Å². The minimum absolute atomic E-state index is 0.0648. The summed E-state index contributed by atoms with van der Waals surface area (Å²) in [5.41, 5.74) is 1.53. The molecule has 1 aliphatic heterocycles. The van der Waals surface area contributed by atoms with Crippen molar-refractivity contribution in [2.75, 3.05) is 0 Å². The van der Waals surface area contributed by atoms with E-state index in [0.29, 0.717) is 12.3 Å². The largest absolute Gasteiger partial charge is 0.460 e. The van der Waals surface area contributed by atoms with Crippen molar-refractivity contribution in [1.29, 1.82) is 0 Å². The van der Waals surface area contributed by atoms with Crippen LogP contribution in [0.15, 0.2) is 48.9 Å². The summed E-state index contributed by atoms with van der Waals surface area (Å²) in [5, 5.41) is 11.1. The van der Waals surface area contributed by atoms with Gasteiger partial charge in [-0.2, -0.15) is 0 Å². The first-order valence-corrected chi connectivity index (χ1v) is 10.4. The third-order valence-electron chi connectivity index (χ3n) is 6.72. The van der Waals surface area contributed by atoms with Crippen molar-refractivity contribution in [2.24, 2.45) is 23.7 Å². The maximum absolute atomic E-state index is 12.4. The highest BCUT2D eigenvalue weighted by atomic mass is 16.6. The summed E-state index contributed by atoms with van der Waals surface area (Å²) in [7, 11) is 0. The van der Waals surface area contributed by atoms with E-state index >= 15 is 0 Å². The number of aromatic nitrogens is 2. The average Bonchev–Trinajstić information content (AvgIpc) is 2.95. The molecule has 0 aromatic carbocycles. The fourth-order valence-corrected chi connectivity index (χ4v) is 5.36. The number of fused-ring (bicyclic) bond motifs is 1. The first-order chi connectivity index (χ1) is 13.9. The zero-order valence-electron chi connectivity index (χ0n) is 17.2. The van der Waals surface area contributed by atoms with Gasteiger partial charge in [-0.15, -0.1) is 0 Å². The molecule has 1 saturated carbocycles. The Morgan fingerprint density at radius 3 is 2.69 bits per heavy atom. The molecule has 2 aliphatic rings. The summed E-state index contributed by atoms with van der Waals surface area (Å²) < 4.78 is 5.46. The Morgan fingerprint density at radius 1 is 1.24 bits per heavy atom. The van der Waals surface area contributed by atoms with E-state index in [1.165, 1.54) is 0 Å². The van der Waals surface area contributed by atoms with E-state index in [1.54, 1.807) is 6.20 Å². The Labute approximate surface area is 171 Å². The van der Waals surface area contributed by atoms with Gasteiger partial charge in [-0.05, 0) is 49.3 Å². The molecule has 6 atom stereocenters. The molecule has 0 radical (unpaired) electrons. The third-order valence-corrected chi connectivity index (χ3v) is 6.72. The molecule has 1 saturated heterocycles. The molecule has 0 spiro atoms. The van der Waals surface area contributed by atoms with Crippen LogP contribution in [0, 0.1) is 23.7 Å². The Balaban J connectivity index is 1.60. The lowest BCUT2D eigenvalue weighted by Gasteiger charge is -2.45. The van der Waals surface area contributed by atoms with Crippen LogP contribution in [-0.4, -0.2) is 32.7 Å². The normalized spacial score (nSPS) is 34.2. The fraction of sp³-hybridized carbons (Fsp3) is 0.458. The first-order valence-electron chi connectivity index (χ1n) is 10.4. The highest BCUT2D eigenvalue weighted by Gasteiger charge is 2.62. The number of cyclic esters (lactones) is 1. The number of carbonyl (C=O) groups excluding carboxylic acids is 1. The van der Waals surface area contributed by atoms with Crippen molar-refractivity contribution < 1.29 is 14.6 Å². The Bertz CT molecular complexity index is 896. The van der Waals surface area contributed by atoms with Gasteiger partial charge in [-0.1, -0.05) is 38.5 Å². The zero-order chi connectivity index (χ0) is 20.6. The van der Waals surface area contributed by atoms with Crippen LogP contribution < -0.4 is 0 Å². The molecule has 2 aromatic rings. The lowest BCUT2D eigenvalue weighted by molar-refractivity contribution is -0.160. The molecule has 4 rings (SSSR count). The molecule has 6 unspecified atom stereocenters. The monoisotopic (exact) mass is 392 g/mol. The highest BCUT2D eigenvalue weighted by Crippen LogP contribution is 2.52. The topological polar surface area (TPSA) is 72.3 Å². The summed E-state index contributed by atoms with van der Waals surface area (Å²) in [6, 6.07) is 7.93. The maximum Gasteiger partial charge on any atom is 0.338 e. The van der Waals surface area contributed by atoms with Gasteiger partial charge in [0.25, 0.3) is 0 Å². The van der Waals surface area contributed by atoms with Crippen molar-refractivity contribution in [2.45, 2.75) is 45.3 Å². The number of hydrogen-bond donors (Lipinski definition) is 1. The lowest BCUT2D eigenvalue weighted by Crippen LogP contribution is -2.53. The van der Waals surface area contributed by atoms with E-state index in [1.807, 2.05) is 49.7 Å². The van der Waals surface area contributed by atoms with Gasteiger partial charge >= 0.3 is 5.97 Å². The van der Waals surface area contributed by atoms with Gasteiger partial charge < -0.3 is 9.84 Å². The van der Waals surface area contributed by atoms with Gasteiger partial charge in [0.1, 0.15) is 6.10 Å². The van der Waals surface area contributed by atoms with Crippen molar-refractivity contribution in [1.82, 2.24) is 9.97 Å². The number of allylic oxidation sites excluding steroid dienone is 1. The summed E-state index contributed by atoms with van der Waals surface area (Å²) >= 11 is 0. The molecular weight excluding hydrogens is 364 g/mol. The summed E-state index contributed by atoms with van der Waals surface area (Å²) in [6.07, 6.45) is 10.7. The molecule has 5 heteroatoms. The molecule has 2 fully saturated rings. The Hall–Kier alpha value is -2.53. The first kappa shape index (κ1) is 19.8. The van der Waals surface area contributed by atoms with E-state index in [-0.39, 0.29) is 23.9 Å². The molecule has 1 aliphatic carbocycles. The minimum atomic E-state index is -1.38. The molecule has 1 N–H and O–H groups in total. The second kappa shape index (κ2) is 7.71. The molecule has 0 amide bonds. The predicted octanol–water partition coefficient (Wildman–Crippen LogP) is 4.13. The Kier molecular flexibility index (Phi) is 5.26. The maximum atomic E-state index is 12.4. The molecule has 0 bridgehead atoms. The third kappa shape index (κ3) is 3.48. The SMILES string of the molecule is CCC1C(C)CC2(O)C(=O)OC(C)C2C1/C=C/c1ccc(-c2cccnc2)cn1. The number of esters is 1. The van der Waals surface area contributed by atoms with Crippen LogP contribution in [0.3, 0.4) is 0 Å². The molecule has 29 heavy (non-hydrogen) atoms. The standard InChI is InChI=1S/C24H28N2O3/c1-4-20-15(2)12-24(28)22(16(3)29-23(24)27)21(20)10-9-19-8-7-18(14-26-19)17-6-5-11-25-13-17/h5-11,13-16,20-22,28H,4,12H2,1-3H3/b10-9+. The van der Waals surface area contributed by atoms with E-state index < -0.39 is 11.6 Å². The summed E-state index contributed by atoms with van der Waals surface area (Å²) in [6.45, 7) is 6.20. The molecule has 152 valence electrons. The molecule has 5 nitrogen and oxygen atoms in total. The summed E-state index contributed by atoms with van der Waals surface area (Å²) in [4.78, 5) is 21.1. The van der Waals surface area contributed by atoms with E-state index in [9.17, 15) is 9.90 Å². The second-order valence-electron chi connectivity index (χ2n) is 8.46. The van der Waals surface area contributed by atoms with E-state index in [0.717, 1.165) is 23.2 Å². The zero-order valence-corrected chi connectivity index (χ0v) is 17.2. The number of carbonyl (C=O) groups is 1. The quantitative estimate of drug-likeness (QED) is 0.792. The van der Waals surface area contributed by atoms with Crippen LogP contribution in [0.5, 0.6) is 0 Å². The smallest absolute Gasteiger partial charge is 0.338 e. The van der Waals surface area contributed by atoms with Crippen molar-refractivity contribution >= 4 is 12.0 Å². The van der Waals surface area contributed by atoms with Crippen molar-refractivity contribution in [3.05, 3.63) is 54.6 Å². The van der Waals surface area contributed by atoms with Gasteiger partial charge in [-0.25, -0.2) is 4.79 Å². The van der Waals surface area contributed by atoms with Crippen LogP contribution in [-0.2, 0) is 9.53 Å². The van der Waals surface area contributed by atoms with Crippen LogP contribution in [0.1, 0.15) is 39.3 Å². The van der Waals surface area contributed by atoms with Gasteiger partial charge in [-0.3, -0.25) is 9.97 Å². The number of pyridine rings is 2. The fourth-order valence-electron chi connectivity index (χ4n) is 5.36. The minimum Gasteiger partial charge on any atom is -0.460 e. The predicted molar refractivity (Wildman–Crippen MR) is 112 cm³/mol. The molecule has 2 aromatic heterocycles. The van der Waals surface area contributed by atoms with Crippen LogP contribution in [0.4, 0.5) is 0 Å². The number of aliphatic hydroxyl groups is 1. The summed E-state index contributed by atoms with van der Waals surface area (Å²) in [5.74, 6) is 0.0172. The van der Waals surface area contributed by atoms with E-state index in [4.69, 9.17) is 4.74 Å². The molecular formula is C24H28N2O3. The number of hydrogen-bond acceptors (Lipinski definition) is 5.